The van der Waals surface area contributed by atoms with Gasteiger partial charge in [-0.2, -0.15) is 0 Å². The van der Waals surface area contributed by atoms with Crippen LogP contribution in [0, 0.1) is 0 Å². The Morgan fingerprint density at radius 3 is 2.06 bits per heavy atom. The zero-order chi connectivity index (χ0) is 12.3. The molecule has 0 aliphatic carbocycles. The average molecular weight is 227 g/mol. The summed E-state index contributed by atoms with van der Waals surface area (Å²) in [7, 11) is 5.81. The third kappa shape index (κ3) is 3.11. The minimum Gasteiger partial charge on any atom is -0.331 e. The molecule has 0 aromatic heterocycles. The molecule has 1 heterocycles. The van der Waals surface area contributed by atoms with Crippen LogP contribution in [-0.2, 0) is 0 Å². The highest BCUT2D eigenvalue weighted by atomic mass is 16.2. The highest BCUT2D eigenvalue weighted by molar-refractivity contribution is 5.73. The second kappa shape index (κ2) is 5.53. The molecule has 0 bridgehead atoms. The Bertz CT molecular complexity index is 232. The highest BCUT2D eigenvalue weighted by Crippen LogP contribution is 2.17. The summed E-state index contributed by atoms with van der Waals surface area (Å²) in [6.07, 6.45) is 2.18. The van der Waals surface area contributed by atoms with Crippen LogP contribution in [-0.4, -0.2) is 67.0 Å². The van der Waals surface area contributed by atoms with Crippen LogP contribution < -0.4 is 0 Å². The first-order valence-electron chi connectivity index (χ1n) is 6.11. The number of hydrogen-bond donors (Lipinski definition) is 0. The molecule has 0 N–H and O–H groups in total. The monoisotopic (exact) mass is 227 g/mol. The second-order valence-electron chi connectivity index (χ2n) is 5.15. The number of rotatable bonds is 2. The number of amides is 2. The van der Waals surface area contributed by atoms with Gasteiger partial charge in [0.25, 0.3) is 0 Å². The third-order valence-corrected chi connectivity index (χ3v) is 3.51. The van der Waals surface area contributed by atoms with E-state index >= 15 is 0 Å². The Hall–Kier alpha value is -0.770. The molecule has 4 nitrogen and oxygen atoms in total. The Balaban J connectivity index is 2.42. The van der Waals surface area contributed by atoms with E-state index < -0.39 is 0 Å². The number of carbonyl (C=O) groups excluding carboxylic acids is 1. The molecule has 2 amide bonds. The Morgan fingerprint density at radius 1 is 1.19 bits per heavy atom. The van der Waals surface area contributed by atoms with Gasteiger partial charge in [-0.15, -0.1) is 0 Å². The fraction of sp³-hybridized carbons (Fsp3) is 0.917. The molecular weight excluding hydrogens is 202 g/mol. The maximum absolute atomic E-state index is 11.7. The largest absolute Gasteiger partial charge is 0.331 e. The smallest absolute Gasteiger partial charge is 0.319 e. The molecule has 1 fully saturated rings. The molecule has 94 valence electrons. The normalized spacial score (nSPS) is 18.3. The van der Waals surface area contributed by atoms with Gasteiger partial charge in [0.15, 0.2) is 0 Å². The summed E-state index contributed by atoms with van der Waals surface area (Å²) in [6.45, 7) is 6.21. The maximum Gasteiger partial charge on any atom is 0.319 e. The van der Waals surface area contributed by atoms with E-state index in [1.807, 2.05) is 19.0 Å². The van der Waals surface area contributed by atoms with E-state index in [-0.39, 0.29) is 6.03 Å². The molecule has 0 spiro atoms. The molecule has 1 rings (SSSR count). The molecule has 1 saturated heterocycles. The van der Waals surface area contributed by atoms with E-state index in [1.54, 1.807) is 4.90 Å². The first-order chi connectivity index (χ1) is 7.43. The summed E-state index contributed by atoms with van der Waals surface area (Å²) in [4.78, 5) is 17.8. The molecule has 0 atom stereocenters. The molecule has 4 heteroatoms. The average Bonchev–Trinajstić information content (AvgIpc) is 2.27. The second-order valence-corrected chi connectivity index (χ2v) is 5.15. The summed E-state index contributed by atoms with van der Waals surface area (Å²) in [5, 5.41) is 0. The highest BCUT2D eigenvalue weighted by Gasteiger charge is 2.26. The minimum atomic E-state index is 0.144. The van der Waals surface area contributed by atoms with Crippen molar-refractivity contribution in [1.82, 2.24) is 14.7 Å². The van der Waals surface area contributed by atoms with Crippen LogP contribution in [0.25, 0.3) is 0 Å². The summed E-state index contributed by atoms with van der Waals surface area (Å²) in [6, 6.07) is 1.36. The van der Waals surface area contributed by atoms with Gasteiger partial charge in [-0.05, 0) is 33.7 Å². The summed E-state index contributed by atoms with van der Waals surface area (Å²) < 4.78 is 0. The maximum atomic E-state index is 11.7. The van der Waals surface area contributed by atoms with Crippen LogP contribution in [0.4, 0.5) is 4.79 Å². The summed E-state index contributed by atoms with van der Waals surface area (Å²) in [5.74, 6) is 0. The van der Waals surface area contributed by atoms with Gasteiger partial charge in [-0.3, -0.25) is 0 Å². The number of nitrogens with zero attached hydrogens (tertiary/aromatic N) is 3. The van der Waals surface area contributed by atoms with Gasteiger partial charge in [0.2, 0.25) is 0 Å². The lowest BCUT2D eigenvalue weighted by Gasteiger charge is -2.39. The van der Waals surface area contributed by atoms with Crippen LogP contribution in [0.5, 0.6) is 0 Å². The molecule has 0 aromatic carbocycles. The van der Waals surface area contributed by atoms with Crippen LogP contribution in [0.3, 0.4) is 0 Å². The molecule has 0 unspecified atom stereocenters. The summed E-state index contributed by atoms with van der Waals surface area (Å²) >= 11 is 0. The van der Waals surface area contributed by atoms with E-state index in [9.17, 15) is 4.79 Å². The molecular formula is C12H25N3O. The van der Waals surface area contributed by atoms with Gasteiger partial charge < -0.3 is 14.7 Å². The molecule has 0 aromatic rings. The quantitative estimate of drug-likeness (QED) is 0.714. The van der Waals surface area contributed by atoms with Crippen molar-refractivity contribution in [3.63, 3.8) is 0 Å². The summed E-state index contributed by atoms with van der Waals surface area (Å²) in [5.41, 5.74) is 0. The first-order valence-corrected chi connectivity index (χ1v) is 6.11. The molecule has 1 aliphatic rings. The van der Waals surface area contributed by atoms with Gasteiger partial charge in [-0.25, -0.2) is 4.79 Å². The van der Waals surface area contributed by atoms with Crippen LogP contribution in [0.2, 0.25) is 0 Å². The zero-order valence-electron chi connectivity index (χ0n) is 11.2. The van der Waals surface area contributed by atoms with Gasteiger partial charge in [-0.1, -0.05) is 0 Å². The predicted molar refractivity (Wildman–Crippen MR) is 66.6 cm³/mol. The Kier molecular flexibility index (Phi) is 4.59. The van der Waals surface area contributed by atoms with Gasteiger partial charge in [0.1, 0.15) is 0 Å². The standard InChI is InChI=1S/C12H25N3O/c1-10(2)14(5)11-6-8-15(9-7-11)12(16)13(3)4/h10-11H,6-9H2,1-5H3. The number of urea groups is 1. The van der Waals surface area contributed by atoms with Crippen molar-refractivity contribution in [3.8, 4) is 0 Å². The topological polar surface area (TPSA) is 26.8 Å². The van der Waals surface area contributed by atoms with Crippen LogP contribution in [0.15, 0.2) is 0 Å². The van der Waals surface area contributed by atoms with Gasteiger partial charge in [0, 0.05) is 39.3 Å². The van der Waals surface area contributed by atoms with Crippen molar-refractivity contribution in [2.75, 3.05) is 34.2 Å². The number of hydrogen-bond acceptors (Lipinski definition) is 2. The van der Waals surface area contributed by atoms with Crippen molar-refractivity contribution < 1.29 is 4.79 Å². The van der Waals surface area contributed by atoms with E-state index in [0.29, 0.717) is 12.1 Å². The molecule has 16 heavy (non-hydrogen) atoms. The van der Waals surface area contributed by atoms with E-state index in [4.69, 9.17) is 0 Å². The minimum absolute atomic E-state index is 0.144. The third-order valence-electron chi connectivity index (χ3n) is 3.51. The predicted octanol–water partition coefficient (Wildman–Crippen LogP) is 1.47. The van der Waals surface area contributed by atoms with Gasteiger partial charge >= 0.3 is 6.03 Å². The lowest BCUT2D eigenvalue weighted by atomic mass is 10.0. The fourth-order valence-electron chi connectivity index (χ4n) is 2.17. The van der Waals surface area contributed by atoms with Gasteiger partial charge in [0.05, 0.1) is 0 Å². The lowest BCUT2D eigenvalue weighted by Crippen LogP contribution is -2.49. The van der Waals surface area contributed by atoms with Crippen molar-refractivity contribution in [2.24, 2.45) is 0 Å². The zero-order valence-corrected chi connectivity index (χ0v) is 11.2. The SMILES string of the molecule is CC(C)N(C)C1CCN(C(=O)N(C)C)CC1. The van der Waals surface area contributed by atoms with Crippen molar-refractivity contribution in [2.45, 2.75) is 38.8 Å². The Morgan fingerprint density at radius 2 is 1.69 bits per heavy atom. The van der Waals surface area contributed by atoms with Crippen LogP contribution >= 0.6 is 0 Å². The van der Waals surface area contributed by atoms with Crippen LogP contribution in [0.1, 0.15) is 26.7 Å². The fourth-order valence-corrected chi connectivity index (χ4v) is 2.17. The molecule has 0 saturated carbocycles. The Labute approximate surface area is 99.2 Å². The first kappa shape index (κ1) is 13.3. The molecule has 0 radical (unpaired) electrons. The number of likely N-dealkylation sites (tertiary alicyclic amines) is 1. The van der Waals surface area contributed by atoms with Crippen molar-refractivity contribution in [3.05, 3.63) is 0 Å². The lowest BCUT2D eigenvalue weighted by molar-refractivity contribution is 0.106. The van der Waals surface area contributed by atoms with Crippen molar-refractivity contribution >= 4 is 6.03 Å². The molecule has 1 aliphatic heterocycles. The van der Waals surface area contributed by atoms with Crippen molar-refractivity contribution in [1.29, 1.82) is 0 Å². The number of carbonyl (C=O) groups is 1. The van der Waals surface area contributed by atoms with E-state index in [2.05, 4.69) is 25.8 Å². The van der Waals surface area contributed by atoms with E-state index in [0.717, 1.165) is 25.9 Å². The van der Waals surface area contributed by atoms with E-state index in [1.165, 1.54) is 0 Å². The number of piperidine rings is 1.